The monoisotopic (exact) mass is 700 g/mol. The third-order valence-electron chi connectivity index (χ3n) is 11.3. The highest BCUT2D eigenvalue weighted by atomic mass is 16.5. The van der Waals surface area contributed by atoms with Gasteiger partial charge in [-0.15, -0.1) is 0 Å². The third-order valence-corrected chi connectivity index (χ3v) is 11.3. The molecule has 0 spiro atoms. The molecule has 2 aliphatic rings. The van der Waals surface area contributed by atoms with Gasteiger partial charge in [0.25, 0.3) is 0 Å². The predicted octanol–water partition coefficient (Wildman–Crippen LogP) is 12.4. The maximum Gasteiger partial charge on any atom is 0.137 e. The SMILES string of the molecule is CC1=CC(C)CC(C)C1N1C=CN(c2cc(Oc3ccc4c5ccccc5n(-c5cc(C(C)(C)C)ccn5)c4c3)cc(-c3c(C)cc(C)cc3C)c2)C1. The van der Waals surface area contributed by atoms with Gasteiger partial charge in [0.2, 0.25) is 0 Å². The summed E-state index contributed by atoms with van der Waals surface area (Å²) in [4.78, 5) is 9.76. The van der Waals surface area contributed by atoms with Crippen molar-refractivity contribution in [3.8, 4) is 28.4 Å². The number of allylic oxidation sites excluding steroid dienone is 1. The Labute approximate surface area is 315 Å². The van der Waals surface area contributed by atoms with Crippen molar-refractivity contribution in [1.82, 2.24) is 14.5 Å². The molecular weight excluding hydrogens is 649 g/mol. The Morgan fingerprint density at radius 1 is 0.755 bits per heavy atom. The van der Waals surface area contributed by atoms with Crippen molar-refractivity contribution in [2.24, 2.45) is 11.8 Å². The van der Waals surface area contributed by atoms with Crippen molar-refractivity contribution >= 4 is 27.5 Å². The van der Waals surface area contributed by atoms with Crippen LogP contribution in [0.5, 0.6) is 11.5 Å². The molecule has 4 aromatic carbocycles. The minimum atomic E-state index is 0.00587. The molecule has 1 aliphatic heterocycles. The van der Waals surface area contributed by atoms with Crippen LogP contribution in [0.4, 0.5) is 5.69 Å². The lowest BCUT2D eigenvalue weighted by Crippen LogP contribution is -2.41. The topological polar surface area (TPSA) is 33.5 Å². The Morgan fingerprint density at radius 2 is 1.51 bits per heavy atom. The molecule has 0 saturated carbocycles. The van der Waals surface area contributed by atoms with E-state index in [1.165, 1.54) is 50.6 Å². The van der Waals surface area contributed by atoms with Gasteiger partial charge in [-0.2, -0.15) is 0 Å². The second-order valence-electron chi connectivity index (χ2n) is 16.7. The molecule has 6 aromatic rings. The van der Waals surface area contributed by atoms with Crippen LogP contribution in [0.3, 0.4) is 0 Å². The summed E-state index contributed by atoms with van der Waals surface area (Å²) in [7, 11) is 0. The average Bonchev–Trinajstić information content (AvgIpc) is 3.70. The first kappa shape index (κ1) is 34.8. The van der Waals surface area contributed by atoms with Crippen molar-refractivity contribution in [3.63, 3.8) is 0 Å². The van der Waals surface area contributed by atoms with Crippen molar-refractivity contribution < 1.29 is 4.74 Å². The first-order valence-corrected chi connectivity index (χ1v) is 19.1. The van der Waals surface area contributed by atoms with E-state index < -0.39 is 0 Å². The molecular formula is C48H52N4O. The van der Waals surface area contributed by atoms with Crippen molar-refractivity contribution in [3.05, 3.63) is 137 Å². The quantitative estimate of drug-likeness (QED) is 0.162. The van der Waals surface area contributed by atoms with E-state index in [4.69, 9.17) is 9.72 Å². The first-order chi connectivity index (χ1) is 25.3. The fraction of sp³-hybridized carbons (Fsp3) is 0.312. The molecule has 0 amide bonds. The zero-order valence-corrected chi connectivity index (χ0v) is 32.7. The fourth-order valence-corrected chi connectivity index (χ4v) is 9.14. The van der Waals surface area contributed by atoms with Gasteiger partial charge in [0.05, 0.1) is 23.7 Å². The van der Waals surface area contributed by atoms with Crippen LogP contribution in [0.1, 0.15) is 70.2 Å². The molecule has 0 saturated heterocycles. The van der Waals surface area contributed by atoms with E-state index in [2.05, 4.69) is 180 Å². The third kappa shape index (κ3) is 6.52. The summed E-state index contributed by atoms with van der Waals surface area (Å²) in [5.74, 6) is 3.74. The lowest BCUT2D eigenvalue weighted by molar-refractivity contribution is 0.224. The number of hydrogen-bond donors (Lipinski definition) is 0. The number of pyridine rings is 1. The van der Waals surface area contributed by atoms with Gasteiger partial charge in [-0.05, 0) is 122 Å². The highest BCUT2D eigenvalue weighted by Gasteiger charge is 2.32. The van der Waals surface area contributed by atoms with Gasteiger partial charge in [-0.1, -0.05) is 82.2 Å². The van der Waals surface area contributed by atoms with E-state index in [1.54, 1.807) is 0 Å². The van der Waals surface area contributed by atoms with E-state index in [9.17, 15) is 0 Å². The zero-order valence-electron chi connectivity index (χ0n) is 32.7. The van der Waals surface area contributed by atoms with Gasteiger partial charge in [0.15, 0.2) is 0 Å². The highest BCUT2D eigenvalue weighted by molar-refractivity contribution is 6.09. The number of rotatable bonds is 6. The lowest BCUT2D eigenvalue weighted by Gasteiger charge is -2.38. The van der Waals surface area contributed by atoms with Crippen molar-refractivity contribution in [2.45, 2.75) is 80.2 Å². The number of fused-ring (bicyclic) bond motifs is 3. The minimum Gasteiger partial charge on any atom is -0.457 e. The molecule has 0 fully saturated rings. The summed E-state index contributed by atoms with van der Waals surface area (Å²) in [5.41, 5.74) is 12.3. The fourth-order valence-electron chi connectivity index (χ4n) is 9.14. The van der Waals surface area contributed by atoms with E-state index in [1.807, 2.05) is 6.20 Å². The largest absolute Gasteiger partial charge is 0.457 e. The smallest absolute Gasteiger partial charge is 0.137 e. The summed E-state index contributed by atoms with van der Waals surface area (Å²) in [6.07, 6.45) is 10.1. The van der Waals surface area contributed by atoms with Crippen LogP contribution < -0.4 is 9.64 Å². The molecule has 3 unspecified atom stereocenters. The minimum absolute atomic E-state index is 0.00587. The summed E-state index contributed by atoms with van der Waals surface area (Å²) in [6.45, 7) is 21.2. The normalized spacial score (nSPS) is 19.0. The van der Waals surface area contributed by atoms with Crippen LogP contribution in [0, 0.1) is 32.6 Å². The second-order valence-corrected chi connectivity index (χ2v) is 16.7. The van der Waals surface area contributed by atoms with Crippen LogP contribution in [0.2, 0.25) is 0 Å². The second kappa shape index (κ2) is 13.3. The van der Waals surface area contributed by atoms with Crippen LogP contribution in [0.15, 0.2) is 115 Å². The van der Waals surface area contributed by atoms with Gasteiger partial charge in [-0.3, -0.25) is 4.57 Å². The van der Waals surface area contributed by atoms with Crippen LogP contribution >= 0.6 is 0 Å². The van der Waals surface area contributed by atoms with E-state index >= 15 is 0 Å². The van der Waals surface area contributed by atoms with Crippen LogP contribution in [-0.2, 0) is 5.41 Å². The van der Waals surface area contributed by atoms with E-state index in [0.717, 1.165) is 46.3 Å². The lowest BCUT2D eigenvalue weighted by atomic mass is 9.80. The Kier molecular flexibility index (Phi) is 8.72. The number of anilines is 1. The number of para-hydroxylation sites is 1. The molecule has 0 bridgehead atoms. The predicted molar refractivity (Wildman–Crippen MR) is 222 cm³/mol. The summed E-state index contributed by atoms with van der Waals surface area (Å²) in [5, 5.41) is 2.37. The van der Waals surface area contributed by atoms with Gasteiger partial charge in [0.1, 0.15) is 17.3 Å². The first-order valence-electron chi connectivity index (χ1n) is 19.1. The number of nitrogens with zero attached hydrogens (tertiary/aromatic N) is 4. The molecule has 0 radical (unpaired) electrons. The maximum absolute atomic E-state index is 6.90. The van der Waals surface area contributed by atoms with Gasteiger partial charge in [0, 0.05) is 47.2 Å². The Bertz CT molecular complexity index is 2400. The van der Waals surface area contributed by atoms with Gasteiger partial charge in [-0.25, -0.2) is 4.98 Å². The molecule has 8 rings (SSSR count). The van der Waals surface area contributed by atoms with E-state index in [0.29, 0.717) is 17.9 Å². The van der Waals surface area contributed by atoms with Gasteiger partial charge >= 0.3 is 0 Å². The summed E-state index contributed by atoms with van der Waals surface area (Å²) >= 11 is 0. The Balaban J connectivity index is 1.21. The molecule has 53 heavy (non-hydrogen) atoms. The molecule has 270 valence electrons. The highest BCUT2D eigenvalue weighted by Crippen LogP contribution is 2.41. The number of benzene rings is 4. The van der Waals surface area contributed by atoms with Crippen LogP contribution in [-0.4, -0.2) is 27.2 Å². The van der Waals surface area contributed by atoms with Crippen LogP contribution in [0.25, 0.3) is 38.8 Å². The Morgan fingerprint density at radius 3 is 2.26 bits per heavy atom. The summed E-state index contributed by atoms with van der Waals surface area (Å²) < 4.78 is 9.18. The number of aromatic nitrogens is 2. The standard InChI is InChI=1S/C48H52N4O/c1-30-20-32(3)46(33(4)21-30)36-24-38(50-18-19-51(29-50)47-34(5)22-31(2)23-35(47)6)27-40(25-36)53-39-14-15-42-41-12-10-11-13-43(41)52(44(42)28-39)45-26-37(16-17-49-45)48(7,8)9/h10-22,24-28,31,35,47H,23,29H2,1-9H3. The molecule has 0 N–H and O–H groups in total. The van der Waals surface area contributed by atoms with Crippen molar-refractivity contribution in [2.75, 3.05) is 11.6 Å². The molecule has 1 aliphatic carbocycles. The number of hydrogen-bond acceptors (Lipinski definition) is 4. The summed E-state index contributed by atoms with van der Waals surface area (Å²) in [6, 6.07) is 31.1. The number of aryl methyl sites for hydroxylation is 3. The molecule has 3 atom stereocenters. The number of ether oxygens (including phenoxy) is 1. The molecule has 3 heterocycles. The molecule has 5 nitrogen and oxygen atoms in total. The average molecular weight is 701 g/mol. The van der Waals surface area contributed by atoms with E-state index in [-0.39, 0.29) is 5.41 Å². The molecule has 2 aromatic heterocycles. The zero-order chi connectivity index (χ0) is 37.2. The van der Waals surface area contributed by atoms with Gasteiger partial charge < -0.3 is 14.5 Å². The Hall–Kier alpha value is -5.29. The molecule has 5 heteroatoms. The van der Waals surface area contributed by atoms with Crippen molar-refractivity contribution in [1.29, 1.82) is 0 Å². The maximum atomic E-state index is 6.90.